The van der Waals surface area contributed by atoms with E-state index in [1.807, 2.05) is 6.07 Å². The minimum Gasteiger partial charge on any atom is -0.351 e. The van der Waals surface area contributed by atoms with Crippen molar-refractivity contribution in [3.63, 3.8) is 0 Å². The van der Waals surface area contributed by atoms with Gasteiger partial charge < -0.3 is 9.88 Å². The summed E-state index contributed by atoms with van der Waals surface area (Å²) in [6, 6.07) is 2.70. The first kappa shape index (κ1) is 13.7. The lowest BCUT2D eigenvalue weighted by Gasteiger charge is -2.10. The Morgan fingerprint density at radius 2 is 2.15 bits per heavy atom. The third kappa shape index (κ3) is 2.75. The molecule has 3 nitrogen and oxygen atoms in total. The van der Waals surface area contributed by atoms with Gasteiger partial charge in [0.1, 0.15) is 0 Å². The summed E-state index contributed by atoms with van der Waals surface area (Å²) in [5.74, 6) is 0.550. The monoisotopic (exact) mass is 290 g/mol. The number of carbonyl (C=O) groups is 1. The van der Waals surface area contributed by atoms with E-state index in [-0.39, 0.29) is 5.91 Å². The van der Waals surface area contributed by atoms with Crippen LogP contribution in [0.5, 0.6) is 0 Å². The number of fused-ring (bicyclic) bond motifs is 1. The van der Waals surface area contributed by atoms with Gasteiger partial charge in [-0.2, -0.15) is 0 Å². The fraction of sp³-hybridized carbons (Fsp3) is 0.562. The van der Waals surface area contributed by atoms with Crippen molar-refractivity contribution in [1.82, 2.24) is 9.88 Å². The fourth-order valence-corrected chi connectivity index (χ4v) is 3.85. The van der Waals surface area contributed by atoms with E-state index < -0.39 is 0 Å². The molecule has 4 heteroatoms. The van der Waals surface area contributed by atoms with Crippen LogP contribution in [0, 0.1) is 5.92 Å². The molecule has 2 heterocycles. The summed E-state index contributed by atoms with van der Waals surface area (Å²) in [5.41, 5.74) is 0. The standard InChI is InChI=1S/C16H22N2OS/c1-11(2)8-17-16(19)14-7-12-9-18(10-15(12)20-14)13-5-3-4-6-13/h7,9-11,13H,3-6,8H2,1-2H3,(H,17,19). The van der Waals surface area contributed by atoms with Gasteiger partial charge in [0.25, 0.3) is 5.91 Å². The minimum atomic E-state index is 0.0623. The summed E-state index contributed by atoms with van der Waals surface area (Å²) in [6.45, 7) is 4.95. The summed E-state index contributed by atoms with van der Waals surface area (Å²) >= 11 is 1.60. The molecular weight excluding hydrogens is 268 g/mol. The number of hydrogen-bond acceptors (Lipinski definition) is 2. The van der Waals surface area contributed by atoms with Crippen molar-refractivity contribution in [3.8, 4) is 0 Å². The fourth-order valence-electron chi connectivity index (χ4n) is 2.86. The van der Waals surface area contributed by atoms with Crippen molar-refractivity contribution in [3.05, 3.63) is 23.3 Å². The Kier molecular flexibility index (Phi) is 3.83. The van der Waals surface area contributed by atoms with E-state index in [1.54, 1.807) is 11.3 Å². The van der Waals surface area contributed by atoms with Crippen LogP contribution in [0.3, 0.4) is 0 Å². The molecule has 1 saturated carbocycles. The van der Waals surface area contributed by atoms with E-state index in [4.69, 9.17) is 0 Å². The van der Waals surface area contributed by atoms with E-state index in [2.05, 4.69) is 36.1 Å². The van der Waals surface area contributed by atoms with E-state index in [9.17, 15) is 4.79 Å². The van der Waals surface area contributed by atoms with Crippen molar-refractivity contribution < 1.29 is 4.79 Å². The molecule has 3 rings (SSSR count). The molecule has 1 N–H and O–H groups in total. The second-order valence-corrected chi connectivity index (χ2v) is 7.26. The van der Waals surface area contributed by atoms with E-state index in [0.29, 0.717) is 12.0 Å². The van der Waals surface area contributed by atoms with Crippen molar-refractivity contribution in [2.75, 3.05) is 6.54 Å². The molecule has 0 radical (unpaired) electrons. The number of carbonyl (C=O) groups excluding carboxylic acids is 1. The van der Waals surface area contributed by atoms with Gasteiger partial charge in [0.2, 0.25) is 0 Å². The average molecular weight is 290 g/mol. The highest BCUT2D eigenvalue weighted by atomic mass is 32.1. The SMILES string of the molecule is CC(C)CNC(=O)c1cc2cn(C3CCCC3)cc2s1. The second-order valence-electron chi connectivity index (χ2n) is 6.18. The number of thiophene rings is 1. The molecule has 2 aromatic rings. The zero-order valence-corrected chi connectivity index (χ0v) is 13.0. The van der Waals surface area contributed by atoms with Crippen molar-refractivity contribution in [2.24, 2.45) is 5.92 Å². The number of nitrogens with one attached hydrogen (secondary N) is 1. The number of amides is 1. The van der Waals surface area contributed by atoms with Gasteiger partial charge >= 0.3 is 0 Å². The molecule has 0 bridgehead atoms. The van der Waals surface area contributed by atoms with Crippen LogP contribution in [0.1, 0.15) is 55.2 Å². The van der Waals surface area contributed by atoms with Crippen LogP contribution >= 0.6 is 11.3 Å². The van der Waals surface area contributed by atoms with Gasteiger partial charge in [-0.15, -0.1) is 11.3 Å². The Bertz CT molecular complexity index is 574. The third-order valence-corrected chi connectivity index (χ3v) is 5.07. The van der Waals surface area contributed by atoms with Gasteiger partial charge in [0.05, 0.1) is 9.58 Å². The lowest BCUT2D eigenvalue weighted by atomic mass is 10.2. The summed E-state index contributed by atoms with van der Waals surface area (Å²) in [6.07, 6.45) is 9.71. The Morgan fingerprint density at radius 1 is 1.40 bits per heavy atom. The van der Waals surface area contributed by atoms with Gasteiger partial charge in [0, 0.05) is 30.4 Å². The molecule has 1 amide bonds. The molecule has 2 aromatic heterocycles. The zero-order chi connectivity index (χ0) is 14.1. The summed E-state index contributed by atoms with van der Waals surface area (Å²) in [4.78, 5) is 12.9. The molecule has 1 aliphatic carbocycles. The highest BCUT2D eigenvalue weighted by Crippen LogP contribution is 2.34. The Morgan fingerprint density at radius 3 is 2.80 bits per heavy atom. The summed E-state index contributed by atoms with van der Waals surface area (Å²) in [7, 11) is 0. The molecule has 108 valence electrons. The molecule has 0 atom stereocenters. The lowest BCUT2D eigenvalue weighted by Crippen LogP contribution is -2.26. The third-order valence-electron chi connectivity index (χ3n) is 3.99. The van der Waals surface area contributed by atoms with Gasteiger partial charge in [-0.1, -0.05) is 26.7 Å². The maximum Gasteiger partial charge on any atom is 0.261 e. The molecule has 1 fully saturated rings. The van der Waals surface area contributed by atoms with Crippen LogP contribution in [0.25, 0.3) is 10.1 Å². The maximum atomic E-state index is 12.1. The first-order chi connectivity index (χ1) is 9.63. The number of rotatable bonds is 4. The van der Waals surface area contributed by atoms with Crippen LogP contribution in [0.15, 0.2) is 18.5 Å². The molecule has 0 aliphatic heterocycles. The predicted octanol–water partition coefficient (Wildman–Crippen LogP) is 4.20. The Labute approximate surface area is 124 Å². The quantitative estimate of drug-likeness (QED) is 0.899. The first-order valence-corrected chi connectivity index (χ1v) is 8.34. The summed E-state index contributed by atoms with van der Waals surface area (Å²) < 4.78 is 3.58. The molecule has 0 unspecified atom stereocenters. The molecule has 0 spiro atoms. The maximum absolute atomic E-state index is 12.1. The van der Waals surface area contributed by atoms with Crippen LogP contribution in [-0.4, -0.2) is 17.0 Å². The number of aromatic nitrogens is 1. The topological polar surface area (TPSA) is 34.0 Å². The average Bonchev–Trinajstić information content (AvgIpc) is 3.08. The molecule has 0 saturated heterocycles. The van der Waals surface area contributed by atoms with Gasteiger partial charge in [-0.25, -0.2) is 0 Å². The number of hydrogen-bond donors (Lipinski definition) is 1. The zero-order valence-electron chi connectivity index (χ0n) is 12.2. The van der Waals surface area contributed by atoms with Crippen LogP contribution in [0.2, 0.25) is 0 Å². The van der Waals surface area contributed by atoms with Crippen LogP contribution < -0.4 is 5.32 Å². The van der Waals surface area contributed by atoms with Crippen molar-refractivity contribution in [2.45, 2.75) is 45.6 Å². The van der Waals surface area contributed by atoms with Gasteiger partial charge in [0.15, 0.2) is 0 Å². The molecular formula is C16H22N2OS. The first-order valence-electron chi connectivity index (χ1n) is 7.52. The Balaban J connectivity index is 1.74. The molecule has 1 aliphatic rings. The largest absolute Gasteiger partial charge is 0.351 e. The normalized spacial score (nSPS) is 16.4. The molecule has 20 heavy (non-hydrogen) atoms. The molecule has 0 aromatic carbocycles. The number of nitrogens with zero attached hydrogens (tertiary/aromatic N) is 1. The predicted molar refractivity (Wildman–Crippen MR) is 84.5 cm³/mol. The van der Waals surface area contributed by atoms with Crippen molar-refractivity contribution in [1.29, 1.82) is 0 Å². The van der Waals surface area contributed by atoms with Crippen LogP contribution in [-0.2, 0) is 0 Å². The Hall–Kier alpha value is -1.29. The lowest BCUT2D eigenvalue weighted by molar-refractivity contribution is 0.0953. The van der Waals surface area contributed by atoms with Gasteiger partial charge in [-0.05, 0) is 24.8 Å². The van der Waals surface area contributed by atoms with Gasteiger partial charge in [-0.3, -0.25) is 4.79 Å². The second kappa shape index (κ2) is 5.60. The van der Waals surface area contributed by atoms with E-state index in [1.165, 1.54) is 35.8 Å². The minimum absolute atomic E-state index is 0.0623. The van der Waals surface area contributed by atoms with Crippen molar-refractivity contribution >= 4 is 27.3 Å². The van der Waals surface area contributed by atoms with Crippen LogP contribution in [0.4, 0.5) is 0 Å². The highest BCUT2D eigenvalue weighted by Gasteiger charge is 2.18. The highest BCUT2D eigenvalue weighted by molar-refractivity contribution is 7.20. The van der Waals surface area contributed by atoms with E-state index in [0.717, 1.165) is 11.4 Å². The smallest absolute Gasteiger partial charge is 0.261 e. The summed E-state index contributed by atoms with van der Waals surface area (Å²) in [5, 5.41) is 4.19. The van der Waals surface area contributed by atoms with E-state index >= 15 is 0 Å².